The van der Waals surface area contributed by atoms with E-state index in [0.717, 1.165) is 4.47 Å². The zero-order valence-electron chi connectivity index (χ0n) is 9.57. The van der Waals surface area contributed by atoms with Crippen LogP contribution < -0.4 is 10.6 Å². The molecule has 1 saturated heterocycles. The van der Waals surface area contributed by atoms with Gasteiger partial charge >= 0.3 is 0 Å². The van der Waals surface area contributed by atoms with Crippen molar-refractivity contribution in [3.05, 3.63) is 21.8 Å². The van der Waals surface area contributed by atoms with Gasteiger partial charge in [-0.3, -0.25) is 4.79 Å². The van der Waals surface area contributed by atoms with Gasteiger partial charge in [0.2, 0.25) is 0 Å². The predicted molar refractivity (Wildman–Crippen MR) is 72.5 cm³/mol. The number of rotatable bonds is 2. The van der Waals surface area contributed by atoms with E-state index in [-0.39, 0.29) is 6.54 Å². The summed E-state index contributed by atoms with van der Waals surface area (Å²) in [7, 11) is 0. The lowest BCUT2D eigenvalue weighted by molar-refractivity contribution is -0.137. The molecule has 0 radical (unpaired) electrons. The second-order valence-corrected chi connectivity index (χ2v) is 5.67. The molecule has 2 heterocycles. The minimum absolute atomic E-state index is 0.148. The fourth-order valence-electron chi connectivity index (χ4n) is 2.06. The number of piperidine rings is 1. The number of hydrogen-bond acceptors (Lipinski definition) is 4. The van der Waals surface area contributed by atoms with Gasteiger partial charge in [0, 0.05) is 12.7 Å². The Bertz CT molecular complexity index is 485. The third-order valence-electron chi connectivity index (χ3n) is 3.02. The molecule has 1 aliphatic rings. The van der Waals surface area contributed by atoms with E-state index < -0.39 is 11.5 Å². The normalized spacial score (nSPS) is 24.1. The van der Waals surface area contributed by atoms with Gasteiger partial charge < -0.3 is 15.7 Å². The Balaban J connectivity index is 2.26. The molecule has 1 aromatic heterocycles. The topological polar surface area (TPSA) is 79.5 Å². The van der Waals surface area contributed by atoms with Crippen LogP contribution in [-0.4, -0.2) is 34.7 Å². The van der Waals surface area contributed by atoms with Crippen molar-refractivity contribution in [1.82, 2.24) is 4.98 Å². The molecule has 1 atom stereocenters. The van der Waals surface area contributed by atoms with Crippen LogP contribution in [0.3, 0.4) is 0 Å². The van der Waals surface area contributed by atoms with E-state index in [2.05, 4.69) is 20.9 Å². The Morgan fingerprint density at radius 1 is 1.67 bits per heavy atom. The number of β-amino-alcohol motifs (C(OH)–C–C–N with tert-alkyl or cyclic N) is 1. The highest BCUT2D eigenvalue weighted by Gasteiger charge is 2.39. The molecular weight excluding hydrogens is 321 g/mol. The molecule has 1 aliphatic heterocycles. The first-order chi connectivity index (χ1) is 8.42. The number of carbonyl (C=O) groups is 1. The number of primary amides is 1. The van der Waals surface area contributed by atoms with Crippen LogP contribution in [-0.2, 0) is 4.79 Å². The van der Waals surface area contributed by atoms with Crippen molar-refractivity contribution >= 4 is 39.3 Å². The SMILES string of the molecule is NC(=O)C1(O)CCCN(c2ncc(Cl)cc2Br)C1. The number of hydrogen-bond donors (Lipinski definition) is 2. The summed E-state index contributed by atoms with van der Waals surface area (Å²) in [5.74, 6) is -0.0453. The van der Waals surface area contributed by atoms with Crippen LogP contribution in [0.1, 0.15) is 12.8 Å². The van der Waals surface area contributed by atoms with Crippen LogP contribution >= 0.6 is 27.5 Å². The van der Waals surface area contributed by atoms with Crippen molar-refractivity contribution in [2.45, 2.75) is 18.4 Å². The molecule has 2 rings (SSSR count). The molecule has 1 amide bonds. The number of nitrogens with zero attached hydrogens (tertiary/aromatic N) is 2. The Labute approximate surface area is 118 Å². The molecule has 7 heteroatoms. The molecule has 18 heavy (non-hydrogen) atoms. The number of nitrogens with two attached hydrogens (primary N) is 1. The summed E-state index contributed by atoms with van der Waals surface area (Å²) in [6.45, 7) is 0.860. The zero-order chi connectivity index (χ0) is 13.3. The first-order valence-electron chi connectivity index (χ1n) is 5.51. The summed E-state index contributed by atoms with van der Waals surface area (Å²) in [5.41, 5.74) is 3.75. The van der Waals surface area contributed by atoms with Crippen molar-refractivity contribution in [3.8, 4) is 0 Å². The van der Waals surface area contributed by atoms with Gasteiger partial charge in [-0.15, -0.1) is 0 Å². The van der Waals surface area contributed by atoms with Crippen LogP contribution in [0.4, 0.5) is 5.82 Å². The molecule has 1 unspecified atom stereocenters. The molecule has 0 aromatic carbocycles. The van der Waals surface area contributed by atoms with E-state index in [9.17, 15) is 9.90 Å². The molecule has 5 nitrogen and oxygen atoms in total. The summed E-state index contributed by atoms with van der Waals surface area (Å²) >= 11 is 9.20. The lowest BCUT2D eigenvalue weighted by Gasteiger charge is -2.38. The Kier molecular flexibility index (Phi) is 3.79. The zero-order valence-corrected chi connectivity index (χ0v) is 11.9. The number of anilines is 1. The van der Waals surface area contributed by atoms with E-state index in [1.807, 2.05) is 4.90 Å². The second-order valence-electron chi connectivity index (χ2n) is 4.38. The van der Waals surface area contributed by atoms with Gasteiger partial charge in [0.05, 0.1) is 16.0 Å². The highest BCUT2D eigenvalue weighted by Crippen LogP contribution is 2.31. The van der Waals surface area contributed by atoms with Crippen LogP contribution in [0, 0.1) is 0 Å². The van der Waals surface area contributed by atoms with Crippen molar-refractivity contribution in [3.63, 3.8) is 0 Å². The van der Waals surface area contributed by atoms with Gasteiger partial charge in [-0.1, -0.05) is 11.6 Å². The standard InChI is InChI=1S/C11H13BrClN3O2/c12-8-4-7(13)5-15-9(8)16-3-1-2-11(18,6-16)10(14)17/h4-5,18H,1-3,6H2,(H2,14,17). The predicted octanol–water partition coefficient (Wildman–Crippen LogP) is 1.31. The highest BCUT2D eigenvalue weighted by atomic mass is 79.9. The van der Waals surface area contributed by atoms with Crippen molar-refractivity contribution < 1.29 is 9.90 Å². The van der Waals surface area contributed by atoms with Gasteiger partial charge in [-0.25, -0.2) is 4.98 Å². The Hall–Kier alpha value is -0.850. The molecule has 98 valence electrons. The Morgan fingerprint density at radius 3 is 3.00 bits per heavy atom. The van der Waals surface area contributed by atoms with E-state index in [1.54, 1.807) is 6.07 Å². The van der Waals surface area contributed by atoms with Gasteiger partial charge in [0.15, 0.2) is 5.60 Å². The molecule has 1 aromatic rings. The maximum Gasteiger partial charge on any atom is 0.251 e. The van der Waals surface area contributed by atoms with Gasteiger partial charge in [-0.2, -0.15) is 0 Å². The van der Waals surface area contributed by atoms with Gasteiger partial charge in [0.25, 0.3) is 5.91 Å². The maximum absolute atomic E-state index is 11.3. The average Bonchev–Trinajstić information content (AvgIpc) is 2.28. The van der Waals surface area contributed by atoms with Crippen molar-refractivity contribution in [1.29, 1.82) is 0 Å². The summed E-state index contributed by atoms with van der Waals surface area (Å²) < 4.78 is 0.726. The minimum atomic E-state index is -1.49. The molecule has 0 spiro atoms. The summed E-state index contributed by atoms with van der Waals surface area (Å²) in [6, 6.07) is 1.72. The van der Waals surface area contributed by atoms with Crippen LogP contribution in [0.5, 0.6) is 0 Å². The molecule has 3 N–H and O–H groups in total. The number of pyridine rings is 1. The number of aromatic nitrogens is 1. The quantitative estimate of drug-likeness (QED) is 0.855. The van der Waals surface area contributed by atoms with E-state index in [0.29, 0.717) is 30.2 Å². The van der Waals surface area contributed by atoms with E-state index >= 15 is 0 Å². The smallest absolute Gasteiger partial charge is 0.251 e. The fourth-order valence-corrected chi connectivity index (χ4v) is 2.95. The van der Waals surface area contributed by atoms with Crippen molar-refractivity contribution in [2.75, 3.05) is 18.0 Å². The number of halogens is 2. The molecule has 1 fully saturated rings. The summed E-state index contributed by atoms with van der Waals surface area (Å²) in [6.07, 6.45) is 2.58. The Morgan fingerprint density at radius 2 is 2.39 bits per heavy atom. The van der Waals surface area contributed by atoms with E-state index in [1.165, 1.54) is 6.20 Å². The van der Waals surface area contributed by atoms with E-state index in [4.69, 9.17) is 17.3 Å². The minimum Gasteiger partial charge on any atom is -0.378 e. The van der Waals surface area contributed by atoms with Crippen LogP contribution in [0.25, 0.3) is 0 Å². The molecule has 0 aliphatic carbocycles. The van der Waals surface area contributed by atoms with Crippen molar-refractivity contribution in [2.24, 2.45) is 5.73 Å². The number of aliphatic hydroxyl groups is 1. The highest BCUT2D eigenvalue weighted by molar-refractivity contribution is 9.10. The largest absolute Gasteiger partial charge is 0.378 e. The monoisotopic (exact) mass is 333 g/mol. The number of amides is 1. The van der Waals surface area contributed by atoms with Crippen LogP contribution in [0.15, 0.2) is 16.7 Å². The molecular formula is C11H13BrClN3O2. The fraction of sp³-hybridized carbons (Fsp3) is 0.455. The van der Waals surface area contributed by atoms with Crippen LogP contribution in [0.2, 0.25) is 5.02 Å². The third kappa shape index (κ3) is 2.60. The van der Waals surface area contributed by atoms with Gasteiger partial charge in [0.1, 0.15) is 5.82 Å². The third-order valence-corrected chi connectivity index (χ3v) is 3.81. The lowest BCUT2D eigenvalue weighted by atomic mass is 9.92. The summed E-state index contributed by atoms with van der Waals surface area (Å²) in [5, 5.41) is 10.7. The van der Waals surface area contributed by atoms with Gasteiger partial charge in [-0.05, 0) is 34.8 Å². The maximum atomic E-state index is 11.3. The number of carbonyl (C=O) groups excluding carboxylic acids is 1. The first kappa shape index (κ1) is 13.6. The molecule has 0 saturated carbocycles. The lowest BCUT2D eigenvalue weighted by Crippen LogP contribution is -2.56. The summed E-state index contributed by atoms with van der Waals surface area (Å²) in [4.78, 5) is 17.3. The molecule has 0 bridgehead atoms. The first-order valence-corrected chi connectivity index (χ1v) is 6.68. The second kappa shape index (κ2) is 5.03. The average molecular weight is 335 g/mol.